The summed E-state index contributed by atoms with van der Waals surface area (Å²) in [4.78, 5) is 13.1. The van der Waals surface area contributed by atoms with Crippen molar-refractivity contribution < 1.29 is 14.6 Å². The van der Waals surface area contributed by atoms with Crippen LogP contribution in [-0.2, 0) is 5.60 Å². The van der Waals surface area contributed by atoms with Gasteiger partial charge < -0.3 is 15.2 Å². The highest BCUT2D eigenvalue weighted by molar-refractivity contribution is 7.10. The minimum Gasteiger partial charge on any atom is -0.457 e. The van der Waals surface area contributed by atoms with Gasteiger partial charge in [0.25, 0.3) is 5.91 Å². The van der Waals surface area contributed by atoms with Gasteiger partial charge in [-0.15, -0.1) is 11.3 Å². The van der Waals surface area contributed by atoms with Crippen LogP contribution in [0.4, 0.5) is 0 Å². The molecule has 4 nitrogen and oxygen atoms in total. The molecule has 0 radical (unpaired) electrons. The summed E-state index contributed by atoms with van der Waals surface area (Å²) in [5, 5.41) is 15.1. The lowest BCUT2D eigenvalue weighted by Crippen LogP contribution is -2.38. The number of para-hydroxylation sites is 1. The number of thiophene rings is 1. The Balaban J connectivity index is 1.59. The molecule has 0 saturated carbocycles. The molecule has 0 aliphatic heterocycles. The molecule has 1 unspecified atom stereocenters. The highest BCUT2D eigenvalue weighted by Crippen LogP contribution is 2.25. The van der Waals surface area contributed by atoms with E-state index in [1.54, 1.807) is 31.2 Å². The van der Waals surface area contributed by atoms with E-state index in [1.165, 1.54) is 11.3 Å². The Bertz CT molecular complexity index is 812. The lowest BCUT2D eigenvalue weighted by Gasteiger charge is -2.22. The highest BCUT2D eigenvalue weighted by Gasteiger charge is 2.25. The van der Waals surface area contributed by atoms with Gasteiger partial charge in [-0.25, -0.2) is 0 Å². The molecular weight excluding hydrogens is 334 g/mol. The second-order valence-electron chi connectivity index (χ2n) is 5.87. The van der Waals surface area contributed by atoms with Gasteiger partial charge in [-0.3, -0.25) is 4.79 Å². The molecule has 0 fully saturated rings. The van der Waals surface area contributed by atoms with Crippen LogP contribution in [0, 0.1) is 0 Å². The Hall–Kier alpha value is -2.63. The zero-order valence-electron chi connectivity index (χ0n) is 13.8. The van der Waals surface area contributed by atoms with E-state index >= 15 is 0 Å². The Labute approximate surface area is 150 Å². The third-order valence-electron chi connectivity index (χ3n) is 3.74. The fraction of sp³-hybridized carbons (Fsp3) is 0.150. The zero-order chi connectivity index (χ0) is 17.7. The second kappa shape index (κ2) is 7.51. The smallest absolute Gasteiger partial charge is 0.251 e. The molecule has 1 amide bonds. The van der Waals surface area contributed by atoms with Crippen LogP contribution in [0.3, 0.4) is 0 Å². The van der Waals surface area contributed by atoms with E-state index < -0.39 is 5.60 Å². The number of ether oxygens (including phenoxy) is 1. The molecular formula is C20H19NO3S. The summed E-state index contributed by atoms with van der Waals surface area (Å²) in [6.07, 6.45) is 0. The third kappa shape index (κ3) is 4.47. The van der Waals surface area contributed by atoms with E-state index in [2.05, 4.69) is 5.32 Å². The summed E-state index contributed by atoms with van der Waals surface area (Å²) in [5.74, 6) is 1.17. The molecule has 0 aliphatic rings. The van der Waals surface area contributed by atoms with Crippen LogP contribution in [0.1, 0.15) is 22.2 Å². The normalized spacial score (nSPS) is 13.0. The van der Waals surface area contributed by atoms with Crippen molar-refractivity contribution in [2.24, 2.45) is 0 Å². The molecule has 2 aromatic carbocycles. The van der Waals surface area contributed by atoms with Crippen LogP contribution in [0.2, 0.25) is 0 Å². The maximum Gasteiger partial charge on any atom is 0.251 e. The number of carbonyl (C=O) groups is 1. The van der Waals surface area contributed by atoms with Gasteiger partial charge in [0.05, 0.1) is 6.54 Å². The van der Waals surface area contributed by atoms with Gasteiger partial charge >= 0.3 is 0 Å². The maximum absolute atomic E-state index is 12.3. The van der Waals surface area contributed by atoms with Crippen molar-refractivity contribution in [3.8, 4) is 11.5 Å². The van der Waals surface area contributed by atoms with Crippen molar-refractivity contribution in [1.29, 1.82) is 0 Å². The molecule has 25 heavy (non-hydrogen) atoms. The number of carbonyl (C=O) groups excluding carboxylic acids is 1. The van der Waals surface area contributed by atoms with Crippen LogP contribution in [0.5, 0.6) is 11.5 Å². The van der Waals surface area contributed by atoms with E-state index in [-0.39, 0.29) is 12.5 Å². The number of aliphatic hydroxyl groups is 1. The van der Waals surface area contributed by atoms with Crippen LogP contribution in [0.25, 0.3) is 0 Å². The van der Waals surface area contributed by atoms with Gasteiger partial charge in [0.2, 0.25) is 0 Å². The van der Waals surface area contributed by atoms with Crippen molar-refractivity contribution in [2.75, 3.05) is 6.54 Å². The first kappa shape index (κ1) is 17.2. The Morgan fingerprint density at radius 2 is 1.72 bits per heavy atom. The van der Waals surface area contributed by atoms with Crippen molar-refractivity contribution in [3.05, 3.63) is 82.6 Å². The number of nitrogens with one attached hydrogen (secondary N) is 1. The van der Waals surface area contributed by atoms with Gasteiger partial charge in [0, 0.05) is 10.4 Å². The van der Waals surface area contributed by atoms with Crippen LogP contribution >= 0.6 is 11.3 Å². The Morgan fingerprint density at radius 3 is 2.36 bits per heavy atom. The monoisotopic (exact) mass is 353 g/mol. The van der Waals surface area contributed by atoms with E-state index in [1.807, 2.05) is 47.8 Å². The first-order chi connectivity index (χ1) is 12.0. The molecule has 3 rings (SSSR count). The predicted molar refractivity (Wildman–Crippen MR) is 99.2 cm³/mol. The van der Waals surface area contributed by atoms with E-state index in [0.717, 1.165) is 10.6 Å². The molecule has 1 atom stereocenters. The number of hydrogen-bond acceptors (Lipinski definition) is 4. The summed E-state index contributed by atoms with van der Waals surface area (Å²) in [5.41, 5.74) is -0.567. The molecule has 2 N–H and O–H groups in total. The van der Waals surface area contributed by atoms with E-state index in [4.69, 9.17) is 4.74 Å². The fourth-order valence-corrected chi connectivity index (χ4v) is 3.11. The lowest BCUT2D eigenvalue weighted by molar-refractivity contribution is 0.0557. The summed E-state index contributed by atoms with van der Waals surface area (Å²) in [7, 11) is 0. The van der Waals surface area contributed by atoms with Gasteiger partial charge in [-0.1, -0.05) is 24.3 Å². The maximum atomic E-state index is 12.3. The van der Waals surface area contributed by atoms with Crippen molar-refractivity contribution in [1.82, 2.24) is 5.32 Å². The molecule has 0 saturated heterocycles. The first-order valence-electron chi connectivity index (χ1n) is 7.92. The van der Waals surface area contributed by atoms with Crippen LogP contribution < -0.4 is 10.1 Å². The average Bonchev–Trinajstić information content (AvgIpc) is 3.17. The SMILES string of the molecule is CC(O)(CNC(=O)c1ccc(Oc2ccccc2)cc1)c1cccs1. The van der Waals surface area contributed by atoms with E-state index in [9.17, 15) is 9.90 Å². The molecule has 1 heterocycles. The first-order valence-corrected chi connectivity index (χ1v) is 8.80. The van der Waals surface area contributed by atoms with Gasteiger partial charge in [0.15, 0.2) is 0 Å². The Kier molecular flexibility index (Phi) is 5.16. The van der Waals surface area contributed by atoms with Gasteiger partial charge in [-0.05, 0) is 54.8 Å². The molecule has 128 valence electrons. The molecule has 3 aromatic rings. The molecule has 1 aromatic heterocycles. The minimum absolute atomic E-state index is 0.147. The van der Waals surface area contributed by atoms with Gasteiger partial charge in [-0.2, -0.15) is 0 Å². The van der Waals surface area contributed by atoms with E-state index in [0.29, 0.717) is 11.3 Å². The second-order valence-corrected chi connectivity index (χ2v) is 6.82. The van der Waals surface area contributed by atoms with Crippen molar-refractivity contribution in [2.45, 2.75) is 12.5 Å². The minimum atomic E-state index is -1.08. The number of amides is 1. The topological polar surface area (TPSA) is 58.6 Å². The van der Waals surface area contributed by atoms with Crippen LogP contribution in [0.15, 0.2) is 72.1 Å². The molecule has 0 bridgehead atoms. The Morgan fingerprint density at radius 1 is 1.04 bits per heavy atom. The lowest BCUT2D eigenvalue weighted by atomic mass is 10.1. The summed E-state index contributed by atoms with van der Waals surface area (Å²) >= 11 is 1.46. The molecule has 0 aliphatic carbocycles. The highest BCUT2D eigenvalue weighted by atomic mass is 32.1. The quantitative estimate of drug-likeness (QED) is 0.699. The third-order valence-corrected chi connectivity index (χ3v) is 4.86. The molecule has 0 spiro atoms. The number of hydrogen-bond donors (Lipinski definition) is 2. The zero-order valence-corrected chi connectivity index (χ0v) is 14.6. The van der Waals surface area contributed by atoms with Crippen molar-refractivity contribution >= 4 is 17.2 Å². The molecule has 5 heteroatoms. The number of rotatable bonds is 6. The van der Waals surface area contributed by atoms with Gasteiger partial charge in [0.1, 0.15) is 17.1 Å². The summed E-state index contributed by atoms with van der Waals surface area (Å²) in [6.45, 7) is 1.84. The summed E-state index contributed by atoms with van der Waals surface area (Å²) in [6, 6.07) is 20.1. The summed E-state index contributed by atoms with van der Waals surface area (Å²) < 4.78 is 5.71. The fourth-order valence-electron chi connectivity index (χ4n) is 2.33. The van der Waals surface area contributed by atoms with Crippen molar-refractivity contribution in [3.63, 3.8) is 0 Å². The number of benzene rings is 2. The predicted octanol–water partition coefficient (Wildman–Crippen LogP) is 4.18. The standard InChI is InChI=1S/C20H19NO3S/c1-20(23,18-8-5-13-25-18)14-21-19(22)15-9-11-17(12-10-15)24-16-6-3-2-4-7-16/h2-13,23H,14H2,1H3,(H,21,22). The van der Waals surface area contributed by atoms with Crippen LogP contribution in [-0.4, -0.2) is 17.6 Å². The average molecular weight is 353 g/mol. The largest absolute Gasteiger partial charge is 0.457 e.